The number of carbonyl (C=O) groups excluding carboxylic acids is 3. The van der Waals surface area contributed by atoms with Gasteiger partial charge in [0.05, 0.1) is 6.04 Å². The van der Waals surface area contributed by atoms with Crippen LogP contribution in [-0.2, 0) is 20.8 Å². The molecule has 7 nitrogen and oxygen atoms in total. The van der Waals surface area contributed by atoms with Gasteiger partial charge in [-0.1, -0.05) is 58.0 Å². The van der Waals surface area contributed by atoms with Crippen LogP contribution in [0.3, 0.4) is 0 Å². The molecular formula is C20H32N4O3. The van der Waals surface area contributed by atoms with Gasteiger partial charge in [-0.3, -0.25) is 14.4 Å². The molecule has 1 aromatic rings. The quantitative estimate of drug-likeness (QED) is 0.479. The highest BCUT2D eigenvalue weighted by Crippen LogP contribution is 2.08. The van der Waals surface area contributed by atoms with Crippen LogP contribution in [0.2, 0.25) is 0 Å². The van der Waals surface area contributed by atoms with E-state index in [-0.39, 0.29) is 24.2 Å². The molecule has 0 saturated heterocycles. The van der Waals surface area contributed by atoms with Crippen LogP contribution >= 0.6 is 0 Å². The monoisotopic (exact) mass is 376 g/mol. The summed E-state index contributed by atoms with van der Waals surface area (Å²) in [5, 5.41) is 5.36. The average molecular weight is 377 g/mol. The zero-order valence-electron chi connectivity index (χ0n) is 16.6. The molecule has 0 aromatic heterocycles. The fraction of sp³-hybridized carbons (Fsp3) is 0.550. The first-order valence-corrected chi connectivity index (χ1v) is 9.31. The zero-order valence-corrected chi connectivity index (χ0v) is 16.6. The smallest absolute Gasteiger partial charge is 0.243 e. The summed E-state index contributed by atoms with van der Waals surface area (Å²) in [7, 11) is 0. The molecule has 0 fully saturated rings. The van der Waals surface area contributed by atoms with E-state index in [0.717, 1.165) is 5.56 Å². The number of nitrogens with two attached hydrogens (primary N) is 2. The molecule has 3 amide bonds. The van der Waals surface area contributed by atoms with Crippen molar-refractivity contribution in [2.75, 3.05) is 0 Å². The summed E-state index contributed by atoms with van der Waals surface area (Å²) in [6.07, 6.45) is 0.809. The fourth-order valence-corrected chi connectivity index (χ4v) is 2.74. The number of primary amides is 1. The van der Waals surface area contributed by atoms with E-state index < -0.39 is 29.9 Å². The SMILES string of the molecule is CC(C)C[C@H](N)C(=O)N[C@H](C(=O)N[C@@H](Cc1ccccc1)C(N)=O)C(C)C. The van der Waals surface area contributed by atoms with Crippen LogP contribution in [0.15, 0.2) is 30.3 Å². The van der Waals surface area contributed by atoms with Gasteiger partial charge in [0.1, 0.15) is 12.1 Å². The van der Waals surface area contributed by atoms with Crippen molar-refractivity contribution in [3.63, 3.8) is 0 Å². The molecule has 1 rings (SSSR count). The Morgan fingerprint density at radius 1 is 0.963 bits per heavy atom. The van der Waals surface area contributed by atoms with Crippen molar-refractivity contribution in [2.24, 2.45) is 23.3 Å². The van der Waals surface area contributed by atoms with Gasteiger partial charge in [0.15, 0.2) is 0 Å². The van der Waals surface area contributed by atoms with Crippen LogP contribution in [0.25, 0.3) is 0 Å². The zero-order chi connectivity index (χ0) is 20.6. The van der Waals surface area contributed by atoms with Crippen molar-refractivity contribution < 1.29 is 14.4 Å². The van der Waals surface area contributed by atoms with E-state index in [1.807, 2.05) is 58.0 Å². The van der Waals surface area contributed by atoms with Gasteiger partial charge in [0.25, 0.3) is 0 Å². The van der Waals surface area contributed by atoms with E-state index in [0.29, 0.717) is 6.42 Å². The first kappa shape index (κ1) is 22.6. The number of benzene rings is 1. The second-order valence-corrected chi connectivity index (χ2v) is 7.62. The minimum atomic E-state index is -0.859. The Bertz CT molecular complexity index is 631. The highest BCUT2D eigenvalue weighted by molar-refractivity contribution is 5.92. The molecule has 27 heavy (non-hydrogen) atoms. The summed E-state index contributed by atoms with van der Waals surface area (Å²) < 4.78 is 0. The largest absolute Gasteiger partial charge is 0.368 e. The molecule has 0 aliphatic carbocycles. The van der Waals surface area contributed by atoms with E-state index in [1.54, 1.807) is 0 Å². The van der Waals surface area contributed by atoms with E-state index >= 15 is 0 Å². The molecule has 0 radical (unpaired) electrons. The highest BCUT2D eigenvalue weighted by Gasteiger charge is 2.29. The molecule has 0 spiro atoms. The molecular weight excluding hydrogens is 344 g/mol. The van der Waals surface area contributed by atoms with Crippen molar-refractivity contribution in [1.29, 1.82) is 0 Å². The first-order valence-electron chi connectivity index (χ1n) is 9.31. The molecule has 0 bridgehead atoms. The second kappa shape index (κ2) is 10.7. The van der Waals surface area contributed by atoms with Crippen molar-refractivity contribution in [2.45, 2.75) is 58.7 Å². The van der Waals surface area contributed by atoms with Crippen molar-refractivity contribution in [1.82, 2.24) is 10.6 Å². The van der Waals surface area contributed by atoms with Crippen LogP contribution < -0.4 is 22.1 Å². The van der Waals surface area contributed by atoms with Gasteiger partial charge in [-0.2, -0.15) is 0 Å². The first-order chi connectivity index (χ1) is 12.6. The van der Waals surface area contributed by atoms with E-state index in [9.17, 15) is 14.4 Å². The number of rotatable bonds is 10. The molecule has 0 aliphatic rings. The Labute approximate surface area is 161 Å². The molecule has 6 N–H and O–H groups in total. The minimum absolute atomic E-state index is 0.176. The average Bonchev–Trinajstić information content (AvgIpc) is 2.58. The topological polar surface area (TPSA) is 127 Å². The minimum Gasteiger partial charge on any atom is -0.368 e. The lowest BCUT2D eigenvalue weighted by molar-refractivity contribution is -0.132. The molecule has 150 valence electrons. The summed E-state index contributed by atoms with van der Waals surface area (Å²) >= 11 is 0. The Hall–Kier alpha value is -2.41. The van der Waals surface area contributed by atoms with Crippen LogP contribution in [0, 0.1) is 11.8 Å². The van der Waals surface area contributed by atoms with E-state index in [1.165, 1.54) is 0 Å². The summed E-state index contributed by atoms with van der Waals surface area (Å²) in [4.78, 5) is 36.8. The van der Waals surface area contributed by atoms with Crippen LogP contribution in [0.4, 0.5) is 0 Å². The molecule has 0 aliphatic heterocycles. The normalized spacial score (nSPS) is 14.5. The van der Waals surface area contributed by atoms with Crippen molar-refractivity contribution in [3.05, 3.63) is 35.9 Å². The molecule has 0 heterocycles. The molecule has 3 atom stereocenters. The predicted octanol–water partition coefficient (Wildman–Crippen LogP) is 0.713. The maximum absolute atomic E-state index is 12.7. The van der Waals surface area contributed by atoms with Crippen molar-refractivity contribution >= 4 is 17.7 Å². The van der Waals surface area contributed by atoms with Crippen LogP contribution in [-0.4, -0.2) is 35.8 Å². The summed E-state index contributed by atoms with van der Waals surface area (Å²) in [6.45, 7) is 7.57. The summed E-state index contributed by atoms with van der Waals surface area (Å²) in [6, 6.07) is 6.94. The van der Waals surface area contributed by atoms with Gasteiger partial charge in [-0.05, 0) is 23.8 Å². The van der Waals surface area contributed by atoms with Gasteiger partial charge in [-0.15, -0.1) is 0 Å². The molecule has 1 aromatic carbocycles. The molecule has 0 saturated carbocycles. The van der Waals surface area contributed by atoms with Gasteiger partial charge in [0.2, 0.25) is 17.7 Å². The van der Waals surface area contributed by atoms with Gasteiger partial charge in [-0.25, -0.2) is 0 Å². The third-order valence-electron chi connectivity index (χ3n) is 4.25. The number of carbonyl (C=O) groups is 3. The number of amides is 3. The lowest BCUT2D eigenvalue weighted by Gasteiger charge is -2.26. The summed E-state index contributed by atoms with van der Waals surface area (Å²) in [5.74, 6) is -1.36. The van der Waals surface area contributed by atoms with Gasteiger partial charge < -0.3 is 22.1 Å². The maximum Gasteiger partial charge on any atom is 0.243 e. The second-order valence-electron chi connectivity index (χ2n) is 7.62. The number of hydrogen-bond acceptors (Lipinski definition) is 4. The van der Waals surface area contributed by atoms with Crippen LogP contribution in [0.1, 0.15) is 39.7 Å². The van der Waals surface area contributed by atoms with E-state index in [4.69, 9.17) is 11.5 Å². The Morgan fingerprint density at radius 3 is 2.04 bits per heavy atom. The lowest BCUT2D eigenvalue weighted by atomic mass is 9.99. The maximum atomic E-state index is 12.7. The summed E-state index contributed by atoms with van der Waals surface area (Å²) in [5.41, 5.74) is 12.2. The Morgan fingerprint density at radius 2 is 1.56 bits per heavy atom. The third-order valence-corrected chi connectivity index (χ3v) is 4.25. The Kier molecular flexibility index (Phi) is 8.94. The number of nitrogens with one attached hydrogen (secondary N) is 2. The van der Waals surface area contributed by atoms with E-state index in [2.05, 4.69) is 10.6 Å². The lowest BCUT2D eigenvalue weighted by Crippen LogP contribution is -2.57. The standard InChI is InChI=1S/C20H32N4O3/c1-12(2)10-15(21)19(26)24-17(13(3)4)20(27)23-16(18(22)25)11-14-8-6-5-7-9-14/h5-9,12-13,15-17H,10-11,21H2,1-4H3,(H2,22,25)(H,23,27)(H,24,26)/t15-,16-,17-/m0/s1. The Balaban J connectivity index is 2.80. The number of hydrogen-bond donors (Lipinski definition) is 4. The van der Waals surface area contributed by atoms with Crippen molar-refractivity contribution in [3.8, 4) is 0 Å². The fourth-order valence-electron chi connectivity index (χ4n) is 2.74. The van der Waals surface area contributed by atoms with Gasteiger partial charge in [0, 0.05) is 6.42 Å². The predicted molar refractivity (Wildman–Crippen MR) is 105 cm³/mol. The molecule has 0 unspecified atom stereocenters. The van der Waals surface area contributed by atoms with Gasteiger partial charge >= 0.3 is 0 Å². The molecule has 7 heteroatoms. The third kappa shape index (κ3) is 7.78. The highest BCUT2D eigenvalue weighted by atomic mass is 16.2. The van der Waals surface area contributed by atoms with Crippen LogP contribution in [0.5, 0.6) is 0 Å².